The lowest BCUT2D eigenvalue weighted by Gasteiger charge is -2.13. The molecular formula is C16H18F3NO3. The van der Waals surface area contributed by atoms with Gasteiger partial charge in [-0.25, -0.2) is 0 Å². The van der Waals surface area contributed by atoms with Crippen molar-refractivity contribution in [3.05, 3.63) is 35.4 Å². The Morgan fingerprint density at radius 2 is 1.83 bits per heavy atom. The average molecular weight is 329 g/mol. The summed E-state index contributed by atoms with van der Waals surface area (Å²) in [4.78, 5) is 22.9. The van der Waals surface area contributed by atoms with E-state index in [4.69, 9.17) is 5.11 Å². The normalized spacial score (nSPS) is 21.2. The minimum absolute atomic E-state index is 0.117. The zero-order valence-corrected chi connectivity index (χ0v) is 12.4. The fourth-order valence-electron chi connectivity index (χ4n) is 2.71. The van der Waals surface area contributed by atoms with Gasteiger partial charge in [0.1, 0.15) is 0 Å². The van der Waals surface area contributed by atoms with Gasteiger partial charge in [0.2, 0.25) is 0 Å². The molecule has 2 atom stereocenters. The van der Waals surface area contributed by atoms with Crippen LogP contribution in [0.4, 0.5) is 13.2 Å². The fraction of sp³-hybridized carbons (Fsp3) is 0.500. The van der Waals surface area contributed by atoms with Crippen LogP contribution in [0.25, 0.3) is 0 Å². The summed E-state index contributed by atoms with van der Waals surface area (Å²) in [7, 11) is 0. The lowest BCUT2D eigenvalue weighted by atomic mass is 10.1. The number of carboxylic acid groups (broad SMARTS) is 1. The first-order valence-corrected chi connectivity index (χ1v) is 7.44. The number of halogens is 3. The summed E-state index contributed by atoms with van der Waals surface area (Å²) in [6, 6.07) is 5.83. The van der Waals surface area contributed by atoms with Crippen molar-refractivity contribution >= 4 is 11.9 Å². The molecule has 1 aromatic rings. The third kappa shape index (κ3) is 5.26. The zero-order chi connectivity index (χ0) is 17.0. The number of nitrogens with one attached hydrogen (secondary N) is 1. The molecule has 0 spiro atoms. The molecule has 4 nitrogen and oxygen atoms in total. The smallest absolute Gasteiger partial charge is 0.389 e. The number of carbonyl (C=O) groups excluding carboxylic acids is 1. The molecule has 126 valence electrons. The molecule has 23 heavy (non-hydrogen) atoms. The second kappa shape index (κ2) is 7.02. The molecular weight excluding hydrogens is 311 g/mol. The van der Waals surface area contributed by atoms with Gasteiger partial charge in [-0.1, -0.05) is 12.1 Å². The Morgan fingerprint density at radius 3 is 2.35 bits per heavy atom. The van der Waals surface area contributed by atoms with Crippen molar-refractivity contribution < 1.29 is 27.9 Å². The van der Waals surface area contributed by atoms with Gasteiger partial charge in [-0.2, -0.15) is 13.2 Å². The van der Waals surface area contributed by atoms with Crippen LogP contribution in [-0.2, 0) is 11.2 Å². The highest BCUT2D eigenvalue weighted by Gasteiger charge is 2.30. The van der Waals surface area contributed by atoms with Gasteiger partial charge < -0.3 is 10.4 Å². The SMILES string of the molecule is O=C(N[C@H]1CC[C@@H](C(=O)O)C1)c1ccc(CCC(F)(F)F)cc1. The minimum Gasteiger partial charge on any atom is -0.481 e. The number of aryl methyl sites for hydroxylation is 1. The van der Waals surface area contributed by atoms with Crippen LogP contribution in [0.5, 0.6) is 0 Å². The topological polar surface area (TPSA) is 66.4 Å². The standard InChI is InChI=1S/C16H18F3NO3/c17-16(18,19)8-7-10-1-3-11(4-2-10)14(21)20-13-6-5-12(9-13)15(22)23/h1-4,12-13H,5-9H2,(H,20,21)(H,22,23)/t12-,13+/m1/s1. The lowest BCUT2D eigenvalue weighted by molar-refractivity contribution is -0.141. The summed E-state index contributed by atoms with van der Waals surface area (Å²) in [5, 5.41) is 11.7. The van der Waals surface area contributed by atoms with E-state index in [-0.39, 0.29) is 18.4 Å². The summed E-state index contributed by atoms with van der Waals surface area (Å²) < 4.78 is 36.5. The molecule has 0 aromatic heterocycles. The van der Waals surface area contributed by atoms with Crippen molar-refractivity contribution in [3.63, 3.8) is 0 Å². The van der Waals surface area contributed by atoms with E-state index in [2.05, 4.69) is 5.32 Å². The summed E-state index contributed by atoms with van der Waals surface area (Å²) in [6.45, 7) is 0. The molecule has 1 saturated carbocycles. The Bertz CT molecular complexity index is 569. The Kier molecular flexibility index (Phi) is 5.28. The van der Waals surface area contributed by atoms with Crippen LogP contribution < -0.4 is 5.32 Å². The molecule has 1 aliphatic carbocycles. The highest BCUT2D eigenvalue weighted by atomic mass is 19.4. The van der Waals surface area contributed by atoms with Crippen LogP contribution in [-0.4, -0.2) is 29.2 Å². The third-order valence-corrected chi connectivity index (χ3v) is 4.03. The van der Waals surface area contributed by atoms with Crippen molar-refractivity contribution in [2.45, 2.75) is 44.3 Å². The molecule has 1 fully saturated rings. The van der Waals surface area contributed by atoms with Crippen molar-refractivity contribution in [3.8, 4) is 0 Å². The van der Waals surface area contributed by atoms with Gasteiger partial charge in [0, 0.05) is 18.0 Å². The first-order chi connectivity index (χ1) is 10.7. The highest BCUT2D eigenvalue weighted by Crippen LogP contribution is 2.26. The largest absolute Gasteiger partial charge is 0.481 e. The molecule has 0 heterocycles. The van der Waals surface area contributed by atoms with Gasteiger partial charge in [-0.15, -0.1) is 0 Å². The third-order valence-electron chi connectivity index (χ3n) is 4.03. The number of rotatable bonds is 5. The van der Waals surface area contributed by atoms with E-state index in [1.54, 1.807) is 0 Å². The molecule has 2 rings (SSSR count). The first-order valence-electron chi connectivity index (χ1n) is 7.44. The second-order valence-corrected chi connectivity index (χ2v) is 5.83. The van der Waals surface area contributed by atoms with Crippen molar-refractivity contribution in [2.24, 2.45) is 5.92 Å². The molecule has 0 radical (unpaired) electrons. The molecule has 1 aliphatic rings. The number of hydrogen-bond acceptors (Lipinski definition) is 2. The Balaban J connectivity index is 1.87. The van der Waals surface area contributed by atoms with Gasteiger partial charge in [-0.05, 0) is 43.4 Å². The van der Waals surface area contributed by atoms with Crippen LogP contribution in [0, 0.1) is 5.92 Å². The van der Waals surface area contributed by atoms with E-state index in [9.17, 15) is 22.8 Å². The van der Waals surface area contributed by atoms with E-state index in [1.807, 2.05) is 0 Å². The summed E-state index contributed by atoms with van der Waals surface area (Å²) >= 11 is 0. The van der Waals surface area contributed by atoms with Crippen LogP contribution in [0.3, 0.4) is 0 Å². The number of aliphatic carboxylic acids is 1. The quantitative estimate of drug-likeness (QED) is 0.872. The molecule has 0 bridgehead atoms. The van der Waals surface area contributed by atoms with Crippen LogP contribution in [0.2, 0.25) is 0 Å². The molecule has 0 unspecified atom stereocenters. The number of alkyl halides is 3. The zero-order valence-electron chi connectivity index (χ0n) is 12.4. The maximum atomic E-state index is 12.2. The molecule has 2 N–H and O–H groups in total. The Hall–Kier alpha value is -2.05. The van der Waals surface area contributed by atoms with Crippen molar-refractivity contribution in [2.75, 3.05) is 0 Å². The second-order valence-electron chi connectivity index (χ2n) is 5.83. The predicted octanol–water partition coefficient (Wildman–Crippen LogP) is 3.16. The van der Waals surface area contributed by atoms with Gasteiger partial charge in [-0.3, -0.25) is 9.59 Å². The van der Waals surface area contributed by atoms with E-state index in [1.165, 1.54) is 24.3 Å². The lowest BCUT2D eigenvalue weighted by Crippen LogP contribution is -2.33. The summed E-state index contributed by atoms with van der Waals surface area (Å²) in [6.07, 6.45) is -3.64. The summed E-state index contributed by atoms with van der Waals surface area (Å²) in [5.74, 6) is -1.61. The van der Waals surface area contributed by atoms with Crippen molar-refractivity contribution in [1.29, 1.82) is 0 Å². The Morgan fingerprint density at radius 1 is 1.17 bits per heavy atom. The number of carbonyl (C=O) groups is 2. The first kappa shape index (κ1) is 17.3. The van der Waals surface area contributed by atoms with Crippen molar-refractivity contribution in [1.82, 2.24) is 5.32 Å². The van der Waals surface area contributed by atoms with Gasteiger partial charge in [0.25, 0.3) is 5.91 Å². The average Bonchev–Trinajstić information content (AvgIpc) is 2.93. The predicted molar refractivity (Wildman–Crippen MR) is 77.0 cm³/mol. The van der Waals surface area contributed by atoms with Gasteiger partial charge >= 0.3 is 12.1 Å². The number of hydrogen-bond donors (Lipinski definition) is 2. The monoisotopic (exact) mass is 329 g/mol. The van der Waals surface area contributed by atoms with Gasteiger partial charge in [0.05, 0.1) is 5.92 Å². The molecule has 0 aliphatic heterocycles. The molecule has 1 aromatic carbocycles. The van der Waals surface area contributed by atoms with Crippen LogP contribution in [0.15, 0.2) is 24.3 Å². The van der Waals surface area contributed by atoms with Crippen LogP contribution in [0.1, 0.15) is 41.6 Å². The summed E-state index contributed by atoms with van der Waals surface area (Å²) in [5.41, 5.74) is 0.880. The van der Waals surface area contributed by atoms with E-state index < -0.39 is 24.5 Å². The highest BCUT2D eigenvalue weighted by molar-refractivity contribution is 5.94. The number of benzene rings is 1. The van der Waals surface area contributed by atoms with Crippen LogP contribution >= 0.6 is 0 Å². The molecule has 7 heteroatoms. The van der Waals surface area contributed by atoms with E-state index in [0.717, 1.165) is 0 Å². The fourth-order valence-corrected chi connectivity index (χ4v) is 2.71. The molecule has 1 amide bonds. The number of carboxylic acids is 1. The van der Waals surface area contributed by atoms with E-state index >= 15 is 0 Å². The maximum absolute atomic E-state index is 12.2. The van der Waals surface area contributed by atoms with E-state index in [0.29, 0.717) is 30.4 Å². The molecule has 0 saturated heterocycles. The number of amides is 1. The maximum Gasteiger partial charge on any atom is 0.389 e. The Labute approximate surface area is 131 Å². The van der Waals surface area contributed by atoms with Gasteiger partial charge in [0.15, 0.2) is 0 Å². The minimum atomic E-state index is -4.20.